The molecule has 2 heterocycles. The van der Waals surface area contributed by atoms with Gasteiger partial charge in [-0.2, -0.15) is 0 Å². The summed E-state index contributed by atoms with van der Waals surface area (Å²) < 4.78 is 28.2. The zero-order valence-corrected chi connectivity index (χ0v) is 14.4. The maximum atomic E-state index is 11.3. The molecule has 0 amide bonds. The Morgan fingerprint density at radius 2 is 2.00 bits per heavy atom. The van der Waals surface area contributed by atoms with Crippen LogP contribution in [0.1, 0.15) is 31.4 Å². The number of hydrogen-bond donors (Lipinski definition) is 1. The van der Waals surface area contributed by atoms with E-state index in [-0.39, 0.29) is 10.9 Å². The highest BCUT2D eigenvalue weighted by molar-refractivity contribution is 7.89. The minimum atomic E-state index is -3.71. The van der Waals surface area contributed by atoms with Crippen LogP contribution in [0.4, 0.5) is 5.82 Å². The lowest BCUT2D eigenvalue weighted by atomic mass is 10.0. The first-order chi connectivity index (χ1) is 11.5. The first-order valence-corrected chi connectivity index (χ1v) is 9.52. The van der Waals surface area contributed by atoms with Gasteiger partial charge in [0.25, 0.3) is 0 Å². The number of primary sulfonamides is 1. The van der Waals surface area contributed by atoms with Crippen LogP contribution in [0.25, 0.3) is 0 Å². The summed E-state index contributed by atoms with van der Waals surface area (Å²) in [4.78, 5) is 6.52. The lowest BCUT2D eigenvalue weighted by Gasteiger charge is -2.26. The Morgan fingerprint density at radius 3 is 2.58 bits per heavy atom. The molecule has 1 saturated heterocycles. The van der Waals surface area contributed by atoms with Gasteiger partial charge in [-0.1, -0.05) is 12.1 Å². The average molecular weight is 347 g/mol. The van der Waals surface area contributed by atoms with E-state index in [1.54, 1.807) is 6.07 Å². The monoisotopic (exact) mass is 347 g/mol. The van der Waals surface area contributed by atoms with Crippen LogP contribution < -0.4 is 14.8 Å². The fourth-order valence-corrected chi connectivity index (χ4v) is 3.51. The molecule has 0 unspecified atom stereocenters. The van der Waals surface area contributed by atoms with E-state index in [1.165, 1.54) is 17.8 Å². The fourth-order valence-electron chi connectivity index (χ4n) is 3.05. The molecule has 3 rings (SSSR count). The zero-order chi connectivity index (χ0) is 17.2. The molecule has 2 aromatic rings. The molecule has 0 bridgehead atoms. The summed E-state index contributed by atoms with van der Waals surface area (Å²) in [5.41, 5.74) is 1.20. The van der Waals surface area contributed by atoms with E-state index < -0.39 is 10.0 Å². The second kappa shape index (κ2) is 6.78. The summed E-state index contributed by atoms with van der Waals surface area (Å²) >= 11 is 0. The van der Waals surface area contributed by atoms with Gasteiger partial charge in [0.1, 0.15) is 16.5 Å². The van der Waals surface area contributed by atoms with E-state index in [2.05, 4.69) is 22.0 Å². The number of anilines is 1. The van der Waals surface area contributed by atoms with Crippen LogP contribution in [0.15, 0.2) is 47.5 Å². The van der Waals surface area contributed by atoms with Crippen molar-refractivity contribution in [1.82, 2.24) is 4.98 Å². The van der Waals surface area contributed by atoms with Crippen LogP contribution in [-0.2, 0) is 10.0 Å². The van der Waals surface area contributed by atoms with E-state index >= 15 is 0 Å². The Bertz CT molecular complexity index is 789. The van der Waals surface area contributed by atoms with Crippen molar-refractivity contribution in [3.05, 3.63) is 48.2 Å². The van der Waals surface area contributed by atoms with Crippen LogP contribution in [-0.4, -0.2) is 26.6 Å². The molecule has 1 atom stereocenters. The van der Waals surface area contributed by atoms with E-state index in [0.29, 0.717) is 6.61 Å². The molecule has 128 valence electrons. The number of nitrogens with two attached hydrogens (primary N) is 1. The van der Waals surface area contributed by atoms with Crippen molar-refractivity contribution in [2.24, 2.45) is 5.14 Å². The van der Waals surface area contributed by atoms with Gasteiger partial charge in [0.15, 0.2) is 0 Å². The molecule has 0 aliphatic carbocycles. The Balaban J connectivity index is 1.82. The van der Waals surface area contributed by atoms with Gasteiger partial charge in [-0.25, -0.2) is 18.5 Å². The second-order valence-corrected chi connectivity index (χ2v) is 7.31. The lowest BCUT2D eigenvalue weighted by Crippen LogP contribution is -2.23. The predicted molar refractivity (Wildman–Crippen MR) is 92.5 cm³/mol. The van der Waals surface area contributed by atoms with E-state index in [1.807, 2.05) is 19.1 Å². The quantitative estimate of drug-likeness (QED) is 0.898. The number of pyridine rings is 1. The maximum absolute atomic E-state index is 11.3. The van der Waals surface area contributed by atoms with Crippen molar-refractivity contribution in [2.75, 3.05) is 18.1 Å². The van der Waals surface area contributed by atoms with Gasteiger partial charge in [-0.3, -0.25) is 0 Å². The highest BCUT2D eigenvalue weighted by Gasteiger charge is 2.27. The third-order valence-electron chi connectivity index (χ3n) is 4.17. The standard InChI is InChI=1S/C17H21N3O3S/c1-2-23-14-7-5-13(6-8-14)16-4-3-11-20(16)17-10-9-15(12-19-17)24(18,21)22/h5-10,12,16H,2-4,11H2,1H3,(H2,18,21,22)/t16-/m0/s1. The lowest BCUT2D eigenvalue weighted by molar-refractivity contribution is 0.340. The SMILES string of the molecule is CCOc1ccc([C@@H]2CCCN2c2ccc(S(N)(=O)=O)cn2)cc1. The summed E-state index contributed by atoms with van der Waals surface area (Å²) in [5, 5.41) is 5.12. The van der Waals surface area contributed by atoms with Crippen LogP contribution in [0, 0.1) is 0 Å². The van der Waals surface area contributed by atoms with Crippen molar-refractivity contribution >= 4 is 15.8 Å². The van der Waals surface area contributed by atoms with Gasteiger partial charge < -0.3 is 9.64 Å². The summed E-state index contributed by atoms with van der Waals surface area (Å²) in [6.07, 6.45) is 3.42. The van der Waals surface area contributed by atoms with Crippen molar-refractivity contribution in [2.45, 2.75) is 30.7 Å². The number of ether oxygens (including phenoxy) is 1. The Morgan fingerprint density at radius 1 is 1.25 bits per heavy atom. The largest absolute Gasteiger partial charge is 0.494 e. The van der Waals surface area contributed by atoms with Crippen LogP contribution in [0.5, 0.6) is 5.75 Å². The molecular formula is C17H21N3O3S. The number of nitrogens with zero attached hydrogens (tertiary/aromatic N) is 2. The zero-order valence-electron chi connectivity index (χ0n) is 13.6. The highest BCUT2D eigenvalue weighted by atomic mass is 32.2. The average Bonchev–Trinajstić information content (AvgIpc) is 3.05. The van der Waals surface area contributed by atoms with Crippen LogP contribution >= 0.6 is 0 Å². The molecule has 0 saturated carbocycles. The molecule has 1 aromatic carbocycles. The summed E-state index contributed by atoms with van der Waals surface area (Å²) in [5.74, 6) is 1.63. The normalized spacial score (nSPS) is 17.9. The molecule has 1 aromatic heterocycles. The highest BCUT2D eigenvalue weighted by Crippen LogP contribution is 2.35. The molecule has 0 spiro atoms. The number of benzene rings is 1. The predicted octanol–water partition coefficient (Wildman–Crippen LogP) is 2.47. The van der Waals surface area contributed by atoms with Crippen LogP contribution in [0.2, 0.25) is 0 Å². The number of aromatic nitrogens is 1. The Hall–Kier alpha value is -2.12. The molecule has 7 heteroatoms. The summed E-state index contributed by atoms with van der Waals surface area (Å²) in [6, 6.07) is 11.6. The molecule has 6 nitrogen and oxygen atoms in total. The topological polar surface area (TPSA) is 85.5 Å². The van der Waals surface area contributed by atoms with Crippen molar-refractivity contribution in [1.29, 1.82) is 0 Å². The third kappa shape index (κ3) is 3.52. The molecule has 2 N–H and O–H groups in total. The first kappa shape index (κ1) is 16.7. The maximum Gasteiger partial charge on any atom is 0.239 e. The van der Waals surface area contributed by atoms with Gasteiger partial charge >= 0.3 is 0 Å². The Labute approximate surface area is 142 Å². The van der Waals surface area contributed by atoms with Crippen LogP contribution in [0.3, 0.4) is 0 Å². The second-order valence-electron chi connectivity index (χ2n) is 5.75. The molecule has 1 aliphatic rings. The first-order valence-electron chi connectivity index (χ1n) is 7.97. The fraction of sp³-hybridized carbons (Fsp3) is 0.353. The molecule has 1 aliphatic heterocycles. The van der Waals surface area contributed by atoms with Gasteiger partial charge in [0, 0.05) is 12.7 Å². The number of hydrogen-bond acceptors (Lipinski definition) is 5. The number of rotatable bonds is 5. The molecule has 24 heavy (non-hydrogen) atoms. The van der Waals surface area contributed by atoms with E-state index in [9.17, 15) is 8.42 Å². The van der Waals surface area contributed by atoms with E-state index in [0.717, 1.165) is 31.0 Å². The summed E-state index contributed by atoms with van der Waals surface area (Å²) in [6.45, 7) is 3.50. The smallest absolute Gasteiger partial charge is 0.239 e. The van der Waals surface area contributed by atoms with Crippen molar-refractivity contribution in [3.8, 4) is 5.75 Å². The van der Waals surface area contributed by atoms with Gasteiger partial charge in [-0.15, -0.1) is 0 Å². The minimum Gasteiger partial charge on any atom is -0.494 e. The molecular weight excluding hydrogens is 326 g/mol. The Kier molecular flexibility index (Phi) is 4.73. The molecule has 0 radical (unpaired) electrons. The van der Waals surface area contributed by atoms with Gasteiger partial charge in [0.2, 0.25) is 10.0 Å². The summed E-state index contributed by atoms with van der Waals surface area (Å²) in [7, 11) is -3.71. The molecule has 1 fully saturated rings. The van der Waals surface area contributed by atoms with E-state index in [4.69, 9.17) is 9.88 Å². The van der Waals surface area contributed by atoms with Crippen molar-refractivity contribution < 1.29 is 13.2 Å². The van der Waals surface area contributed by atoms with Gasteiger partial charge in [0.05, 0.1) is 12.6 Å². The van der Waals surface area contributed by atoms with Crippen molar-refractivity contribution in [3.63, 3.8) is 0 Å². The minimum absolute atomic E-state index is 0.0306. The van der Waals surface area contributed by atoms with Gasteiger partial charge in [-0.05, 0) is 49.6 Å². The third-order valence-corrected chi connectivity index (χ3v) is 5.07. The number of sulfonamides is 1.